The second-order valence-electron chi connectivity index (χ2n) is 5.14. The predicted octanol–water partition coefficient (Wildman–Crippen LogP) is 3.69. The van der Waals surface area contributed by atoms with Gasteiger partial charge >= 0.3 is 0 Å². The van der Waals surface area contributed by atoms with Gasteiger partial charge in [-0.3, -0.25) is 4.72 Å². The molecule has 8 heteroatoms. The number of rotatable bonds is 5. The fraction of sp³-hybridized carbons (Fsp3) is 0.267. The lowest BCUT2D eigenvalue weighted by Gasteiger charge is -2.14. The second-order valence-corrected chi connectivity index (χ2v) is 7.90. The smallest absolute Gasteiger partial charge is 0.232 e. The zero-order valence-corrected chi connectivity index (χ0v) is 15.1. The van der Waals surface area contributed by atoms with Gasteiger partial charge in [0.25, 0.3) is 0 Å². The highest BCUT2D eigenvalue weighted by molar-refractivity contribution is 9.10. The average Bonchev–Trinajstić information content (AvgIpc) is 2.46. The normalized spacial score (nSPS) is 11.5. The van der Waals surface area contributed by atoms with E-state index in [1.165, 1.54) is 19.2 Å². The summed E-state index contributed by atoms with van der Waals surface area (Å²) in [5.41, 5.74) is 7.25. The number of nitrogens with one attached hydrogen (secondary N) is 1. The zero-order chi connectivity index (χ0) is 17.2. The summed E-state index contributed by atoms with van der Waals surface area (Å²) in [4.78, 5) is 4.01. The number of nitrogens with zero attached hydrogens (tertiary/aromatic N) is 1. The highest BCUT2D eigenvalue weighted by Crippen LogP contribution is 2.32. The Kier molecular flexibility index (Phi) is 5.26. The van der Waals surface area contributed by atoms with Crippen molar-refractivity contribution in [3.63, 3.8) is 0 Å². The van der Waals surface area contributed by atoms with E-state index in [0.29, 0.717) is 22.0 Å². The van der Waals surface area contributed by atoms with Crippen LogP contribution in [0.15, 0.2) is 28.9 Å². The molecule has 0 atom stereocenters. The zero-order valence-electron chi connectivity index (χ0n) is 12.7. The minimum atomic E-state index is -3.51. The number of anilines is 2. The Labute approximate surface area is 143 Å². The summed E-state index contributed by atoms with van der Waals surface area (Å²) in [5.74, 6) is -0.311. The lowest BCUT2D eigenvalue weighted by atomic mass is 10.0. The Hall–Kier alpha value is -1.67. The van der Waals surface area contributed by atoms with Gasteiger partial charge in [-0.2, -0.15) is 0 Å². The molecule has 0 aliphatic rings. The van der Waals surface area contributed by atoms with Crippen LogP contribution in [0.4, 0.5) is 15.9 Å². The van der Waals surface area contributed by atoms with E-state index in [4.69, 9.17) is 5.73 Å². The number of nitrogens with two attached hydrogens (primary N) is 1. The maximum Gasteiger partial charge on any atom is 0.232 e. The van der Waals surface area contributed by atoms with E-state index in [0.717, 1.165) is 0 Å². The van der Waals surface area contributed by atoms with Gasteiger partial charge < -0.3 is 5.73 Å². The van der Waals surface area contributed by atoms with Crippen molar-refractivity contribution in [3.8, 4) is 11.1 Å². The third-order valence-electron chi connectivity index (χ3n) is 3.28. The topological polar surface area (TPSA) is 85.1 Å². The summed E-state index contributed by atoms with van der Waals surface area (Å²) in [5, 5.41) is 0. The van der Waals surface area contributed by atoms with Crippen molar-refractivity contribution in [2.24, 2.45) is 0 Å². The lowest BCUT2D eigenvalue weighted by molar-refractivity contribution is 0.599. The number of hydrogen-bond acceptors (Lipinski definition) is 4. The molecule has 0 radical (unpaired) electrons. The Morgan fingerprint density at radius 2 is 2.04 bits per heavy atom. The van der Waals surface area contributed by atoms with E-state index in [1.54, 1.807) is 19.1 Å². The first kappa shape index (κ1) is 17.7. The maximum absolute atomic E-state index is 14.2. The Balaban J connectivity index is 2.54. The molecule has 0 amide bonds. The first-order valence-corrected chi connectivity index (χ1v) is 9.40. The highest BCUT2D eigenvalue weighted by atomic mass is 79.9. The molecule has 23 heavy (non-hydrogen) atoms. The van der Waals surface area contributed by atoms with Gasteiger partial charge in [0.05, 0.1) is 11.4 Å². The molecule has 1 heterocycles. The van der Waals surface area contributed by atoms with Crippen LogP contribution in [-0.4, -0.2) is 19.2 Å². The van der Waals surface area contributed by atoms with Crippen LogP contribution in [-0.2, 0) is 10.0 Å². The van der Waals surface area contributed by atoms with Gasteiger partial charge in [0.15, 0.2) is 0 Å². The van der Waals surface area contributed by atoms with Gasteiger partial charge in [-0.15, -0.1) is 0 Å². The first-order chi connectivity index (χ1) is 10.7. The van der Waals surface area contributed by atoms with Gasteiger partial charge in [-0.1, -0.05) is 6.92 Å². The average molecular weight is 402 g/mol. The summed E-state index contributed by atoms with van der Waals surface area (Å²) < 4.78 is 41.2. The molecule has 0 spiro atoms. The molecule has 1 aromatic heterocycles. The lowest BCUT2D eigenvalue weighted by Crippen LogP contribution is -2.17. The number of pyridine rings is 1. The molecule has 0 saturated carbocycles. The summed E-state index contributed by atoms with van der Waals surface area (Å²) in [6.45, 7) is 3.28. The Morgan fingerprint density at radius 1 is 1.35 bits per heavy atom. The Bertz CT molecular complexity index is 841. The van der Waals surface area contributed by atoms with Crippen molar-refractivity contribution in [2.45, 2.75) is 20.3 Å². The standard InChI is InChI=1S/C15H17BrFN3O2S/c1-3-4-23(21,22)20-14-6-10(5-13(17)9(14)2)12-7-11(16)8-19-15(12)18/h5-8,20H,3-4H2,1-2H3,(H2,18,19). The van der Waals surface area contributed by atoms with E-state index in [-0.39, 0.29) is 22.8 Å². The van der Waals surface area contributed by atoms with Gasteiger partial charge in [-0.05, 0) is 53.0 Å². The van der Waals surface area contributed by atoms with Crippen LogP contribution in [0, 0.1) is 12.7 Å². The molecule has 0 unspecified atom stereocenters. The molecule has 2 rings (SSSR count). The van der Waals surface area contributed by atoms with Gasteiger partial charge in [-0.25, -0.2) is 17.8 Å². The van der Waals surface area contributed by atoms with Gasteiger partial charge in [0, 0.05) is 21.8 Å². The summed E-state index contributed by atoms with van der Waals surface area (Å²) in [6, 6.07) is 4.58. The molecule has 5 nitrogen and oxygen atoms in total. The quantitative estimate of drug-likeness (QED) is 0.799. The van der Waals surface area contributed by atoms with Crippen LogP contribution in [0.25, 0.3) is 11.1 Å². The fourth-order valence-electron chi connectivity index (χ4n) is 2.11. The van der Waals surface area contributed by atoms with Crippen molar-refractivity contribution < 1.29 is 12.8 Å². The molecule has 0 aliphatic heterocycles. The van der Waals surface area contributed by atoms with E-state index in [2.05, 4.69) is 25.6 Å². The van der Waals surface area contributed by atoms with Crippen LogP contribution in [0.3, 0.4) is 0 Å². The molecule has 3 N–H and O–H groups in total. The fourth-order valence-corrected chi connectivity index (χ4v) is 3.63. The van der Waals surface area contributed by atoms with Crippen molar-refractivity contribution in [3.05, 3.63) is 40.2 Å². The van der Waals surface area contributed by atoms with Crippen LogP contribution in [0.2, 0.25) is 0 Å². The largest absolute Gasteiger partial charge is 0.383 e. The third kappa shape index (κ3) is 4.20. The number of halogens is 2. The third-order valence-corrected chi connectivity index (χ3v) is 5.19. The monoisotopic (exact) mass is 401 g/mol. The number of hydrogen-bond donors (Lipinski definition) is 2. The molecule has 0 bridgehead atoms. The van der Waals surface area contributed by atoms with Gasteiger partial charge in [0.2, 0.25) is 10.0 Å². The molecule has 124 valence electrons. The molecule has 1 aromatic carbocycles. The van der Waals surface area contributed by atoms with Crippen molar-refractivity contribution in [1.29, 1.82) is 0 Å². The number of sulfonamides is 1. The molecular weight excluding hydrogens is 385 g/mol. The molecule has 0 fully saturated rings. The predicted molar refractivity (Wildman–Crippen MR) is 94.2 cm³/mol. The minimum absolute atomic E-state index is 0.0289. The number of aromatic nitrogens is 1. The van der Waals surface area contributed by atoms with Crippen LogP contribution in [0.1, 0.15) is 18.9 Å². The van der Waals surface area contributed by atoms with Gasteiger partial charge in [0.1, 0.15) is 11.6 Å². The highest BCUT2D eigenvalue weighted by Gasteiger charge is 2.16. The minimum Gasteiger partial charge on any atom is -0.383 e. The van der Waals surface area contributed by atoms with Crippen LogP contribution >= 0.6 is 15.9 Å². The molecule has 2 aromatic rings. The molecule has 0 saturated heterocycles. The molecule has 0 aliphatic carbocycles. The summed E-state index contributed by atoms with van der Waals surface area (Å²) in [6.07, 6.45) is 2.01. The van der Waals surface area contributed by atoms with Crippen molar-refractivity contribution >= 4 is 37.5 Å². The second kappa shape index (κ2) is 6.84. The number of nitrogen functional groups attached to an aromatic ring is 1. The Morgan fingerprint density at radius 3 is 2.70 bits per heavy atom. The van der Waals surface area contributed by atoms with Crippen molar-refractivity contribution in [1.82, 2.24) is 4.98 Å². The summed E-state index contributed by atoms with van der Waals surface area (Å²) in [7, 11) is -3.51. The van der Waals surface area contributed by atoms with E-state index in [9.17, 15) is 12.8 Å². The van der Waals surface area contributed by atoms with Crippen molar-refractivity contribution in [2.75, 3.05) is 16.2 Å². The van der Waals surface area contributed by atoms with E-state index in [1.807, 2.05) is 0 Å². The van der Waals surface area contributed by atoms with E-state index < -0.39 is 15.8 Å². The van der Waals surface area contributed by atoms with Crippen LogP contribution < -0.4 is 10.5 Å². The van der Waals surface area contributed by atoms with Crippen LogP contribution in [0.5, 0.6) is 0 Å². The maximum atomic E-state index is 14.2. The molecular formula is C15H17BrFN3O2S. The van der Waals surface area contributed by atoms with E-state index >= 15 is 0 Å². The number of benzene rings is 1. The SMILES string of the molecule is CCCS(=O)(=O)Nc1cc(-c2cc(Br)cnc2N)cc(F)c1C. The first-order valence-electron chi connectivity index (χ1n) is 6.95. The summed E-state index contributed by atoms with van der Waals surface area (Å²) >= 11 is 3.29.